The lowest BCUT2D eigenvalue weighted by Crippen LogP contribution is -3.19. The number of hydrogen-bond acceptors (Lipinski definition) is 6. The number of rotatable bonds is 5. The zero-order valence-corrected chi connectivity index (χ0v) is 20.3. The third kappa shape index (κ3) is 2.72. The van der Waals surface area contributed by atoms with Gasteiger partial charge < -0.3 is 30.8 Å². The molecule has 0 amide bonds. The van der Waals surface area contributed by atoms with E-state index in [2.05, 4.69) is 10.3 Å². The number of guanidine groups is 1. The highest BCUT2D eigenvalue weighted by molar-refractivity contribution is 5.90. The lowest BCUT2D eigenvalue weighted by atomic mass is 9.40. The van der Waals surface area contributed by atoms with Crippen LogP contribution in [0.15, 0.2) is 16.1 Å². The molecule has 4 fully saturated rings. The quantitative estimate of drug-likeness (QED) is 0.299. The molecule has 0 aromatic carbocycles. The van der Waals surface area contributed by atoms with Crippen LogP contribution in [-0.4, -0.2) is 70.1 Å². The Labute approximate surface area is 196 Å². The number of piperidine rings is 1. The second kappa shape index (κ2) is 8.04. The van der Waals surface area contributed by atoms with Crippen molar-refractivity contribution in [2.24, 2.45) is 45.2 Å². The zero-order valence-electron chi connectivity index (χ0n) is 20.3. The number of aliphatic hydroxyl groups is 1. The molecule has 2 spiro atoms. The standard InChI is InChI=1S/C25H40N4O4/c1-27-12-17-9-10-29(22(26)28-2)13-23(17)16-8-7-15-5-4-6-19-24(32,14-33-3)20(21(30)31)18(11-16)25(15,19)23/h15-17,19,27,32H,4-14H2,1-3H3,(H2,26,28)(H,30,31). The van der Waals surface area contributed by atoms with Gasteiger partial charge in [0.25, 0.3) is 5.96 Å². The fraction of sp³-hybridized carbons (Fsp3) is 0.840. The van der Waals surface area contributed by atoms with Crippen LogP contribution in [0.3, 0.4) is 0 Å². The maximum absolute atomic E-state index is 12.7. The van der Waals surface area contributed by atoms with Gasteiger partial charge in [0, 0.05) is 42.9 Å². The van der Waals surface area contributed by atoms with E-state index in [4.69, 9.17) is 10.5 Å². The van der Waals surface area contributed by atoms with Crippen LogP contribution in [0, 0.1) is 34.5 Å². The van der Waals surface area contributed by atoms with Crippen LogP contribution in [0.1, 0.15) is 44.9 Å². The number of aliphatic imine (C=N–C) groups is 1. The molecule has 5 aliphatic rings. The van der Waals surface area contributed by atoms with E-state index in [-0.39, 0.29) is 28.9 Å². The van der Waals surface area contributed by atoms with E-state index in [0.29, 0.717) is 23.7 Å². The van der Waals surface area contributed by atoms with E-state index >= 15 is 0 Å². The predicted octanol–water partition coefficient (Wildman–Crippen LogP) is -1.30. The minimum atomic E-state index is -1.50. The molecule has 8 heteroatoms. The minimum Gasteiger partial charge on any atom is -0.545 e. The van der Waals surface area contributed by atoms with Gasteiger partial charge in [0.15, 0.2) is 0 Å². The third-order valence-electron chi connectivity index (χ3n) is 10.5. The molecule has 0 aromatic rings. The van der Waals surface area contributed by atoms with Crippen molar-refractivity contribution >= 4 is 11.9 Å². The zero-order chi connectivity index (χ0) is 23.6. The SMILES string of the molecule is CN=C(N)[NH+]1CCC(CNC)C2(C1)C1CCC3CCCC4C(O)(COC)C(C(=O)[O-])=C(C1)C342. The van der Waals surface area contributed by atoms with E-state index in [9.17, 15) is 15.0 Å². The highest BCUT2D eigenvalue weighted by Gasteiger charge is 2.80. The van der Waals surface area contributed by atoms with E-state index in [1.54, 1.807) is 14.2 Å². The maximum Gasteiger partial charge on any atom is 0.293 e. The molecule has 2 bridgehead atoms. The summed E-state index contributed by atoms with van der Waals surface area (Å²) in [5, 5.41) is 28.2. The molecule has 1 aliphatic heterocycles. The second-order valence-electron chi connectivity index (χ2n) is 11.2. The van der Waals surface area contributed by atoms with E-state index in [1.807, 2.05) is 7.05 Å². The highest BCUT2D eigenvalue weighted by Crippen LogP contribution is 2.80. The Bertz CT molecular complexity index is 890. The Hall–Kier alpha value is -1.48. The van der Waals surface area contributed by atoms with Crippen molar-refractivity contribution in [1.29, 1.82) is 0 Å². The Balaban J connectivity index is 1.78. The maximum atomic E-state index is 12.7. The fourth-order valence-electron chi connectivity index (χ4n) is 9.93. The first-order valence-corrected chi connectivity index (χ1v) is 12.7. The number of carboxylic acid groups (broad SMARTS) is 1. The van der Waals surface area contributed by atoms with Crippen molar-refractivity contribution < 1.29 is 24.6 Å². The molecule has 0 radical (unpaired) electrons. The number of allylic oxidation sites excluding steroid dienone is 1. The van der Waals surface area contributed by atoms with Gasteiger partial charge in [-0.25, -0.2) is 4.99 Å². The first-order valence-electron chi connectivity index (χ1n) is 12.7. The van der Waals surface area contributed by atoms with Gasteiger partial charge in [0.05, 0.1) is 25.7 Å². The van der Waals surface area contributed by atoms with Crippen LogP contribution in [-0.2, 0) is 9.53 Å². The number of nitrogens with two attached hydrogens (primary N) is 1. The second-order valence-corrected chi connectivity index (χ2v) is 11.2. The largest absolute Gasteiger partial charge is 0.545 e. The number of carboxylic acids is 1. The number of quaternary nitrogens is 1. The molecule has 4 aliphatic carbocycles. The summed E-state index contributed by atoms with van der Waals surface area (Å²) in [6.45, 7) is 2.69. The van der Waals surface area contributed by atoms with E-state index in [1.165, 1.54) is 4.90 Å². The highest BCUT2D eigenvalue weighted by atomic mass is 16.5. The van der Waals surface area contributed by atoms with Gasteiger partial charge in [-0.3, -0.25) is 4.90 Å². The van der Waals surface area contributed by atoms with Crippen molar-refractivity contribution in [3.05, 3.63) is 11.1 Å². The molecule has 8 unspecified atom stereocenters. The number of methoxy groups -OCH3 is 1. The van der Waals surface area contributed by atoms with E-state index in [0.717, 1.165) is 70.2 Å². The number of likely N-dealkylation sites (tertiary alicyclic amines) is 1. The summed E-state index contributed by atoms with van der Waals surface area (Å²) in [6.07, 6.45) is 6.92. The van der Waals surface area contributed by atoms with Gasteiger partial charge in [0.1, 0.15) is 5.60 Å². The van der Waals surface area contributed by atoms with Crippen molar-refractivity contribution in [3.8, 4) is 0 Å². The minimum absolute atomic E-state index is 0.00548. The molecule has 8 nitrogen and oxygen atoms in total. The summed E-state index contributed by atoms with van der Waals surface area (Å²) in [4.78, 5) is 18.2. The van der Waals surface area contributed by atoms with Crippen LogP contribution in [0.5, 0.6) is 0 Å². The summed E-state index contributed by atoms with van der Waals surface area (Å²) < 4.78 is 5.50. The molecule has 3 saturated carbocycles. The number of nitrogens with one attached hydrogen (secondary N) is 2. The van der Waals surface area contributed by atoms with Gasteiger partial charge in [-0.1, -0.05) is 12.0 Å². The first-order chi connectivity index (χ1) is 15.8. The number of nitrogens with zero attached hydrogens (tertiary/aromatic N) is 1. The van der Waals surface area contributed by atoms with Gasteiger partial charge >= 0.3 is 0 Å². The van der Waals surface area contributed by atoms with Gasteiger partial charge in [0.2, 0.25) is 0 Å². The molecule has 184 valence electrons. The third-order valence-corrected chi connectivity index (χ3v) is 10.5. The Morgan fingerprint density at radius 3 is 2.73 bits per heavy atom. The molecule has 33 heavy (non-hydrogen) atoms. The lowest BCUT2D eigenvalue weighted by Gasteiger charge is -2.65. The van der Waals surface area contributed by atoms with Gasteiger partial charge in [-0.15, -0.1) is 0 Å². The molecule has 0 aromatic heterocycles. The normalized spacial score (nSPS) is 46.7. The fourth-order valence-corrected chi connectivity index (χ4v) is 9.93. The first kappa shape index (κ1) is 23.3. The summed E-state index contributed by atoms with van der Waals surface area (Å²) in [6, 6.07) is 0. The number of ether oxygens (including phenoxy) is 1. The summed E-state index contributed by atoms with van der Waals surface area (Å²) >= 11 is 0. The Morgan fingerprint density at radius 1 is 1.30 bits per heavy atom. The Morgan fingerprint density at radius 2 is 2.06 bits per heavy atom. The monoisotopic (exact) mass is 460 g/mol. The average Bonchev–Trinajstić information content (AvgIpc) is 3.07. The average molecular weight is 461 g/mol. The molecule has 8 atom stereocenters. The summed E-state index contributed by atoms with van der Waals surface area (Å²) in [5.41, 5.74) is 5.60. The van der Waals surface area contributed by atoms with Crippen LogP contribution in [0.25, 0.3) is 0 Å². The van der Waals surface area contributed by atoms with Crippen molar-refractivity contribution in [2.75, 3.05) is 47.4 Å². The number of carbonyl (C=O) groups is 1. The van der Waals surface area contributed by atoms with Crippen LogP contribution in [0.4, 0.5) is 0 Å². The molecule has 1 saturated heterocycles. The van der Waals surface area contributed by atoms with Crippen LogP contribution < -0.4 is 21.1 Å². The molecule has 5 N–H and O–H groups in total. The summed E-state index contributed by atoms with van der Waals surface area (Å²) in [7, 11) is 5.32. The molecule has 1 heterocycles. The number of aliphatic carboxylic acids is 1. The number of hydrogen-bond donors (Lipinski definition) is 4. The van der Waals surface area contributed by atoms with Crippen LogP contribution >= 0.6 is 0 Å². The molecule has 5 rings (SSSR count). The molecular weight excluding hydrogens is 420 g/mol. The van der Waals surface area contributed by atoms with Crippen molar-refractivity contribution in [3.63, 3.8) is 0 Å². The Kier molecular flexibility index (Phi) is 5.67. The van der Waals surface area contributed by atoms with Gasteiger partial charge in [-0.2, -0.15) is 0 Å². The number of carbonyl (C=O) groups excluding carboxylic acids is 1. The van der Waals surface area contributed by atoms with E-state index < -0.39 is 11.6 Å². The van der Waals surface area contributed by atoms with Crippen molar-refractivity contribution in [1.82, 2.24) is 5.32 Å². The molecular formula is C25H40N4O4. The summed E-state index contributed by atoms with van der Waals surface area (Å²) in [5.74, 6) is 0.437. The van der Waals surface area contributed by atoms with Gasteiger partial charge in [-0.05, 0) is 63.5 Å². The predicted molar refractivity (Wildman–Crippen MR) is 122 cm³/mol. The van der Waals surface area contributed by atoms with Crippen molar-refractivity contribution in [2.45, 2.75) is 50.5 Å². The topological polar surface area (TPSA) is 124 Å². The van der Waals surface area contributed by atoms with Crippen LogP contribution in [0.2, 0.25) is 0 Å². The smallest absolute Gasteiger partial charge is 0.293 e. The lowest BCUT2D eigenvalue weighted by molar-refractivity contribution is -0.829.